The van der Waals surface area contributed by atoms with Crippen molar-refractivity contribution in [3.63, 3.8) is 0 Å². The van der Waals surface area contributed by atoms with E-state index in [0.29, 0.717) is 36.7 Å². The van der Waals surface area contributed by atoms with Gasteiger partial charge in [-0.1, -0.05) is 5.21 Å². The number of hydrogen-bond donors (Lipinski definition) is 1. The molecule has 9 nitrogen and oxygen atoms in total. The summed E-state index contributed by atoms with van der Waals surface area (Å²) in [5.41, 5.74) is 0.761. The predicted molar refractivity (Wildman–Crippen MR) is 68.5 cm³/mol. The Labute approximate surface area is 118 Å². The standard InChI is InChI=1S/C12H13N5O4/c18-11-2-1-8(9-7-20-6-4-17(9)11)12(19)21-5-3-10-13-15-16-14-10/h1-2H,3-7H2,(H,13,14,15,16). The number of nitrogens with zero attached hydrogens (tertiary/aromatic N) is 4. The molecule has 0 atom stereocenters. The minimum Gasteiger partial charge on any atom is -0.462 e. The van der Waals surface area contributed by atoms with E-state index >= 15 is 0 Å². The Kier molecular flexibility index (Phi) is 3.73. The monoisotopic (exact) mass is 291 g/mol. The van der Waals surface area contributed by atoms with Gasteiger partial charge in [0.15, 0.2) is 5.82 Å². The summed E-state index contributed by atoms with van der Waals surface area (Å²) in [5, 5.41) is 13.3. The highest BCUT2D eigenvalue weighted by molar-refractivity contribution is 5.90. The van der Waals surface area contributed by atoms with Crippen molar-refractivity contribution in [2.45, 2.75) is 19.6 Å². The van der Waals surface area contributed by atoms with Crippen LogP contribution in [0.1, 0.15) is 21.9 Å². The Balaban J connectivity index is 1.71. The number of tetrazole rings is 1. The number of aromatic nitrogens is 5. The van der Waals surface area contributed by atoms with Gasteiger partial charge in [0.1, 0.15) is 0 Å². The molecule has 0 aromatic carbocycles. The maximum absolute atomic E-state index is 12.1. The smallest absolute Gasteiger partial charge is 0.340 e. The number of pyridine rings is 1. The molecule has 2 aromatic rings. The van der Waals surface area contributed by atoms with E-state index in [1.807, 2.05) is 0 Å². The van der Waals surface area contributed by atoms with Crippen molar-refractivity contribution in [2.75, 3.05) is 13.2 Å². The molecular weight excluding hydrogens is 278 g/mol. The average Bonchev–Trinajstić information content (AvgIpc) is 3.01. The molecule has 1 aliphatic heterocycles. The van der Waals surface area contributed by atoms with Gasteiger partial charge in [0.2, 0.25) is 0 Å². The molecule has 9 heteroatoms. The van der Waals surface area contributed by atoms with Crippen LogP contribution in [0.3, 0.4) is 0 Å². The maximum Gasteiger partial charge on any atom is 0.340 e. The molecule has 1 N–H and O–H groups in total. The van der Waals surface area contributed by atoms with Crippen molar-refractivity contribution < 1.29 is 14.3 Å². The topological polar surface area (TPSA) is 112 Å². The van der Waals surface area contributed by atoms with Gasteiger partial charge in [0.05, 0.1) is 31.1 Å². The molecule has 3 heterocycles. The fourth-order valence-electron chi connectivity index (χ4n) is 2.13. The summed E-state index contributed by atoms with van der Waals surface area (Å²) in [7, 11) is 0. The lowest BCUT2D eigenvalue weighted by atomic mass is 10.1. The molecule has 0 saturated heterocycles. The lowest BCUT2D eigenvalue weighted by molar-refractivity contribution is 0.0480. The zero-order valence-corrected chi connectivity index (χ0v) is 11.1. The Hall–Kier alpha value is -2.55. The van der Waals surface area contributed by atoms with Gasteiger partial charge in [-0.05, 0) is 6.07 Å². The lowest BCUT2D eigenvalue weighted by Crippen LogP contribution is -2.31. The number of fused-ring (bicyclic) bond motifs is 1. The quantitative estimate of drug-likeness (QED) is 0.740. The van der Waals surface area contributed by atoms with Crippen LogP contribution in [0.4, 0.5) is 0 Å². The molecule has 0 unspecified atom stereocenters. The molecule has 21 heavy (non-hydrogen) atoms. The van der Waals surface area contributed by atoms with Crippen molar-refractivity contribution in [3.05, 3.63) is 39.6 Å². The molecule has 0 radical (unpaired) electrons. The summed E-state index contributed by atoms with van der Waals surface area (Å²) in [6.45, 7) is 1.27. The second kappa shape index (κ2) is 5.83. The molecule has 0 fully saturated rings. The van der Waals surface area contributed by atoms with Crippen molar-refractivity contribution in [3.8, 4) is 0 Å². The van der Waals surface area contributed by atoms with Gasteiger partial charge in [-0.25, -0.2) is 4.79 Å². The fraction of sp³-hybridized carbons (Fsp3) is 0.417. The predicted octanol–water partition coefficient (Wildman–Crippen LogP) is -0.709. The maximum atomic E-state index is 12.1. The molecule has 110 valence electrons. The second-order valence-corrected chi connectivity index (χ2v) is 4.45. The van der Waals surface area contributed by atoms with Gasteiger partial charge in [0, 0.05) is 19.0 Å². The third-order valence-electron chi connectivity index (χ3n) is 3.16. The Morgan fingerprint density at radius 1 is 1.48 bits per heavy atom. The van der Waals surface area contributed by atoms with E-state index in [9.17, 15) is 9.59 Å². The summed E-state index contributed by atoms with van der Waals surface area (Å²) in [5.74, 6) is -0.0230. The van der Waals surface area contributed by atoms with Gasteiger partial charge in [-0.2, -0.15) is 5.21 Å². The average molecular weight is 291 g/mol. The summed E-state index contributed by atoms with van der Waals surface area (Å²) in [4.78, 5) is 23.8. The minimum atomic E-state index is -0.493. The molecule has 0 bridgehead atoms. The summed E-state index contributed by atoms with van der Waals surface area (Å²) in [6, 6.07) is 2.84. The molecule has 2 aromatic heterocycles. The van der Waals surface area contributed by atoms with Crippen LogP contribution in [0.25, 0.3) is 0 Å². The largest absolute Gasteiger partial charge is 0.462 e. The van der Waals surface area contributed by atoms with E-state index in [1.54, 1.807) is 4.57 Å². The summed E-state index contributed by atoms with van der Waals surface area (Å²) >= 11 is 0. The van der Waals surface area contributed by atoms with Crippen LogP contribution in [-0.2, 0) is 29.0 Å². The van der Waals surface area contributed by atoms with Gasteiger partial charge in [0.25, 0.3) is 5.56 Å². The van der Waals surface area contributed by atoms with Crippen LogP contribution in [0.5, 0.6) is 0 Å². The molecule has 0 amide bonds. The zero-order valence-electron chi connectivity index (χ0n) is 11.1. The Morgan fingerprint density at radius 2 is 2.38 bits per heavy atom. The number of nitrogens with one attached hydrogen (secondary N) is 1. The number of aromatic amines is 1. The summed E-state index contributed by atoms with van der Waals surface area (Å²) < 4.78 is 12.0. The number of carbonyl (C=O) groups is 1. The van der Waals surface area contributed by atoms with Crippen LogP contribution in [0.15, 0.2) is 16.9 Å². The van der Waals surface area contributed by atoms with Gasteiger partial charge in [-0.15, -0.1) is 10.2 Å². The van der Waals surface area contributed by atoms with E-state index in [4.69, 9.17) is 9.47 Å². The normalized spacial score (nSPS) is 13.7. The molecule has 0 saturated carbocycles. The van der Waals surface area contributed by atoms with Crippen LogP contribution in [0, 0.1) is 0 Å². The minimum absolute atomic E-state index is 0.137. The number of ether oxygens (including phenoxy) is 2. The first-order valence-corrected chi connectivity index (χ1v) is 6.45. The van der Waals surface area contributed by atoms with Crippen molar-refractivity contribution >= 4 is 5.97 Å². The van der Waals surface area contributed by atoms with Gasteiger partial charge < -0.3 is 14.0 Å². The van der Waals surface area contributed by atoms with Gasteiger partial charge >= 0.3 is 5.97 Å². The highest BCUT2D eigenvalue weighted by Crippen LogP contribution is 2.13. The van der Waals surface area contributed by atoms with Crippen LogP contribution in [0.2, 0.25) is 0 Å². The first-order chi connectivity index (χ1) is 10.3. The fourth-order valence-corrected chi connectivity index (χ4v) is 2.13. The zero-order chi connectivity index (χ0) is 14.7. The SMILES string of the molecule is O=C(OCCc1nn[nH]n1)c1ccc(=O)n2c1COCC2. The Bertz CT molecular complexity index is 694. The van der Waals surface area contributed by atoms with Crippen LogP contribution >= 0.6 is 0 Å². The van der Waals surface area contributed by atoms with Crippen molar-refractivity contribution in [2.24, 2.45) is 0 Å². The molecular formula is C12H13N5O4. The molecule has 1 aliphatic rings. The van der Waals surface area contributed by atoms with Crippen LogP contribution in [-0.4, -0.2) is 44.4 Å². The molecule has 0 aliphatic carbocycles. The molecule has 3 rings (SSSR count). The number of carbonyl (C=O) groups excluding carboxylic acids is 1. The van der Waals surface area contributed by atoms with E-state index < -0.39 is 5.97 Å². The Morgan fingerprint density at radius 3 is 3.19 bits per heavy atom. The first-order valence-electron chi connectivity index (χ1n) is 6.45. The van der Waals surface area contributed by atoms with Crippen molar-refractivity contribution in [1.29, 1.82) is 0 Å². The number of rotatable bonds is 4. The van der Waals surface area contributed by atoms with E-state index in [-0.39, 0.29) is 18.8 Å². The highest BCUT2D eigenvalue weighted by Gasteiger charge is 2.20. The lowest BCUT2D eigenvalue weighted by Gasteiger charge is -2.20. The number of esters is 1. The van der Waals surface area contributed by atoms with Crippen molar-refractivity contribution in [1.82, 2.24) is 25.2 Å². The van der Waals surface area contributed by atoms with Gasteiger partial charge in [-0.3, -0.25) is 4.79 Å². The summed E-state index contributed by atoms with van der Waals surface area (Å²) in [6.07, 6.45) is 0.369. The highest BCUT2D eigenvalue weighted by atomic mass is 16.5. The first kappa shape index (κ1) is 13.4. The second-order valence-electron chi connectivity index (χ2n) is 4.45. The third-order valence-corrected chi connectivity index (χ3v) is 3.16. The number of H-pyrrole nitrogens is 1. The van der Waals surface area contributed by atoms with Crippen LogP contribution < -0.4 is 5.56 Å². The molecule has 0 spiro atoms. The van der Waals surface area contributed by atoms with E-state index in [1.165, 1.54) is 12.1 Å². The number of hydrogen-bond acceptors (Lipinski definition) is 7. The third kappa shape index (κ3) is 2.82. The van der Waals surface area contributed by atoms with E-state index in [2.05, 4.69) is 20.6 Å². The van der Waals surface area contributed by atoms with E-state index in [0.717, 1.165) is 0 Å².